The lowest BCUT2D eigenvalue weighted by Gasteiger charge is -2.27. The van der Waals surface area contributed by atoms with Gasteiger partial charge in [0.2, 0.25) is 0 Å². The molecule has 1 aliphatic rings. The van der Waals surface area contributed by atoms with Crippen molar-refractivity contribution in [3.63, 3.8) is 0 Å². The van der Waals surface area contributed by atoms with Crippen LogP contribution < -0.4 is 0 Å². The van der Waals surface area contributed by atoms with Gasteiger partial charge in [-0.25, -0.2) is 19.9 Å². The Morgan fingerprint density at radius 1 is 1.00 bits per heavy atom. The molecule has 1 aliphatic heterocycles. The molecule has 0 radical (unpaired) electrons. The highest BCUT2D eigenvalue weighted by Crippen LogP contribution is 2.21. The van der Waals surface area contributed by atoms with E-state index in [4.69, 9.17) is 4.98 Å². The van der Waals surface area contributed by atoms with Crippen LogP contribution in [-0.2, 0) is 19.5 Å². The van der Waals surface area contributed by atoms with E-state index in [0.717, 1.165) is 37.3 Å². The topological polar surface area (TPSA) is 67.7 Å². The smallest absolute Gasteiger partial charge is 0.162 e. The van der Waals surface area contributed by atoms with Gasteiger partial charge in [-0.1, -0.05) is 0 Å². The molecule has 3 aromatic rings. The van der Waals surface area contributed by atoms with Crippen LogP contribution in [0.15, 0.2) is 49.4 Å². The Labute approximate surface area is 134 Å². The molecule has 0 unspecified atom stereocenters. The van der Waals surface area contributed by atoms with Crippen LogP contribution in [0.5, 0.6) is 0 Å². The molecule has 6 nitrogen and oxygen atoms in total. The number of hydrogen-bond donors (Lipinski definition) is 0. The second-order valence-electron chi connectivity index (χ2n) is 5.61. The molecule has 0 fully saturated rings. The van der Waals surface area contributed by atoms with Crippen molar-refractivity contribution in [3.05, 3.63) is 66.3 Å². The maximum atomic E-state index is 4.73. The highest BCUT2D eigenvalue weighted by atomic mass is 15.1. The lowest BCUT2D eigenvalue weighted by atomic mass is 10.1. The van der Waals surface area contributed by atoms with E-state index in [1.54, 1.807) is 12.4 Å². The third-order valence-corrected chi connectivity index (χ3v) is 4.00. The van der Waals surface area contributed by atoms with E-state index < -0.39 is 0 Å². The van der Waals surface area contributed by atoms with Crippen LogP contribution in [0.3, 0.4) is 0 Å². The number of hydrogen-bond acceptors (Lipinski definition) is 6. The van der Waals surface area contributed by atoms with Crippen molar-refractivity contribution in [2.24, 2.45) is 0 Å². The molecule has 6 heteroatoms. The van der Waals surface area contributed by atoms with Gasteiger partial charge in [0.1, 0.15) is 6.33 Å². The van der Waals surface area contributed by atoms with E-state index in [1.807, 2.05) is 18.6 Å². The molecule has 114 valence electrons. The van der Waals surface area contributed by atoms with Crippen molar-refractivity contribution in [2.75, 3.05) is 6.54 Å². The van der Waals surface area contributed by atoms with Gasteiger partial charge in [-0.05, 0) is 29.7 Å². The summed E-state index contributed by atoms with van der Waals surface area (Å²) in [5, 5.41) is 0. The average Bonchev–Trinajstić information content (AvgIpc) is 2.63. The fourth-order valence-corrected chi connectivity index (χ4v) is 2.79. The summed E-state index contributed by atoms with van der Waals surface area (Å²) in [5.74, 6) is 0.690. The first-order valence-corrected chi connectivity index (χ1v) is 7.60. The van der Waals surface area contributed by atoms with E-state index in [1.165, 1.54) is 17.5 Å². The largest absolute Gasteiger partial charge is 0.293 e. The molecule has 0 atom stereocenters. The van der Waals surface area contributed by atoms with Crippen LogP contribution in [0.4, 0.5) is 0 Å². The van der Waals surface area contributed by atoms with Crippen LogP contribution in [0.2, 0.25) is 0 Å². The van der Waals surface area contributed by atoms with E-state index >= 15 is 0 Å². The van der Waals surface area contributed by atoms with Crippen molar-refractivity contribution in [2.45, 2.75) is 19.5 Å². The Morgan fingerprint density at radius 2 is 1.83 bits per heavy atom. The fraction of sp³-hybridized carbons (Fsp3) is 0.235. The number of aromatic nitrogens is 5. The van der Waals surface area contributed by atoms with Gasteiger partial charge in [-0.2, -0.15) is 0 Å². The second kappa shape index (κ2) is 6.18. The van der Waals surface area contributed by atoms with E-state index in [0.29, 0.717) is 5.82 Å². The Kier molecular flexibility index (Phi) is 3.73. The highest BCUT2D eigenvalue weighted by Gasteiger charge is 2.19. The summed E-state index contributed by atoms with van der Waals surface area (Å²) in [5.41, 5.74) is 4.45. The quantitative estimate of drug-likeness (QED) is 0.736. The lowest BCUT2D eigenvalue weighted by molar-refractivity contribution is 0.241. The number of pyridine rings is 1. The van der Waals surface area contributed by atoms with E-state index in [2.05, 4.69) is 37.0 Å². The minimum absolute atomic E-state index is 0.690. The molecule has 0 bridgehead atoms. The third-order valence-electron chi connectivity index (χ3n) is 4.00. The zero-order valence-corrected chi connectivity index (χ0v) is 12.6. The first kappa shape index (κ1) is 13.9. The van der Waals surface area contributed by atoms with Gasteiger partial charge in [-0.3, -0.25) is 9.88 Å². The molecule has 3 aromatic heterocycles. The Bertz CT molecular complexity index is 791. The normalized spacial score (nSPS) is 14.4. The monoisotopic (exact) mass is 304 g/mol. The lowest BCUT2D eigenvalue weighted by Crippen LogP contribution is -2.31. The van der Waals surface area contributed by atoms with Gasteiger partial charge in [0, 0.05) is 50.6 Å². The second-order valence-corrected chi connectivity index (χ2v) is 5.61. The SMILES string of the molecule is c1cc(CN2CCc3cnc(-c4cncnc4)nc3C2)ccn1. The molecular weight excluding hydrogens is 288 g/mol. The van der Waals surface area contributed by atoms with Crippen molar-refractivity contribution in [1.29, 1.82) is 0 Å². The molecule has 0 aliphatic carbocycles. The molecule has 0 amide bonds. The van der Waals surface area contributed by atoms with Crippen molar-refractivity contribution < 1.29 is 0 Å². The van der Waals surface area contributed by atoms with E-state index in [9.17, 15) is 0 Å². The summed E-state index contributed by atoms with van der Waals surface area (Å²) < 4.78 is 0. The summed E-state index contributed by atoms with van der Waals surface area (Å²) in [7, 11) is 0. The highest BCUT2D eigenvalue weighted by molar-refractivity contribution is 5.52. The molecular formula is C17H16N6. The van der Waals surface area contributed by atoms with Crippen LogP contribution >= 0.6 is 0 Å². The van der Waals surface area contributed by atoms with Gasteiger partial charge in [0.15, 0.2) is 5.82 Å². The minimum atomic E-state index is 0.690. The van der Waals surface area contributed by atoms with E-state index in [-0.39, 0.29) is 0 Å². The molecule has 0 aromatic carbocycles. The number of rotatable bonds is 3. The Balaban J connectivity index is 1.56. The minimum Gasteiger partial charge on any atom is -0.293 e. The predicted molar refractivity (Wildman–Crippen MR) is 85.1 cm³/mol. The summed E-state index contributed by atoms with van der Waals surface area (Å²) >= 11 is 0. The number of nitrogens with zero attached hydrogens (tertiary/aromatic N) is 6. The maximum Gasteiger partial charge on any atom is 0.162 e. The molecule has 0 spiro atoms. The first-order chi connectivity index (χ1) is 11.4. The standard InChI is InChI=1S/C17H16N6/c1-4-18-5-2-13(1)10-23-6-3-14-9-21-17(22-16(14)11-23)15-7-19-12-20-8-15/h1-2,4-5,7-9,12H,3,6,10-11H2. The molecule has 23 heavy (non-hydrogen) atoms. The van der Waals surface area contributed by atoms with Crippen molar-refractivity contribution >= 4 is 0 Å². The summed E-state index contributed by atoms with van der Waals surface area (Å²) in [4.78, 5) is 23.7. The fourth-order valence-electron chi connectivity index (χ4n) is 2.79. The molecule has 0 saturated carbocycles. The van der Waals surface area contributed by atoms with Crippen LogP contribution in [0, 0.1) is 0 Å². The van der Waals surface area contributed by atoms with Crippen LogP contribution in [-0.4, -0.2) is 36.4 Å². The molecule has 0 N–H and O–H groups in total. The van der Waals surface area contributed by atoms with Gasteiger partial charge < -0.3 is 0 Å². The maximum absolute atomic E-state index is 4.73. The van der Waals surface area contributed by atoms with Gasteiger partial charge in [0.05, 0.1) is 11.3 Å². The van der Waals surface area contributed by atoms with Gasteiger partial charge in [0.25, 0.3) is 0 Å². The van der Waals surface area contributed by atoms with Crippen LogP contribution in [0.25, 0.3) is 11.4 Å². The van der Waals surface area contributed by atoms with Gasteiger partial charge in [-0.15, -0.1) is 0 Å². The zero-order chi connectivity index (χ0) is 15.5. The summed E-state index contributed by atoms with van der Waals surface area (Å²) in [6.07, 6.45) is 11.6. The van der Waals surface area contributed by atoms with Gasteiger partial charge >= 0.3 is 0 Å². The molecule has 0 saturated heterocycles. The summed E-state index contributed by atoms with van der Waals surface area (Å²) in [6, 6.07) is 4.12. The summed E-state index contributed by atoms with van der Waals surface area (Å²) in [6.45, 7) is 2.77. The molecule has 4 rings (SSSR count). The van der Waals surface area contributed by atoms with Crippen LogP contribution in [0.1, 0.15) is 16.8 Å². The van der Waals surface area contributed by atoms with Crippen molar-refractivity contribution in [3.8, 4) is 11.4 Å². The Morgan fingerprint density at radius 3 is 2.65 bits per heavy atom. The Hall–Kier alpha value is -2.73. The average molecular weight is 304 g/mol. The number of fused-ring (bicyclic) bond motifs is 1. The zero-order valence-electron chi connectivity index (χ0n) is 12.6. The first-order valence-electron chi connectivity index (χ1n) is 7.60. The van der Waals surface area contributed by atoms with Crippen molar-refractivity contribution in [1.82, 2.24) is 29.8 Å². The molecule has 4 heterocycles. The third kappa shape index (κ3) is 3.07. The predicted octanol–water partition coefficient (Wildman–Crippen LogP) is 1.89.